The molecule has 0 saturated heterocycles. The molecule has 0 aromatic rings. The number of carbonyl (C=O) groups is 1. The molecule has 0 saturated carbocycles. The molecule has 0 rings (SSSR count). The van der Waals surface area contributed by atoms with Crippen LogP contribution in [0.1, 0.15) is 19.8 Å². The van der Waals surface area contributed by atoms with E-state index in [-0.39, 0.29) is 12.5 Å². The molecule has 4 heteroatoms. The van der Waals surface area contributed by atoms with Crippen molar-refractivity contribution in [3.8, 4) is 0 Å². The topological polar surface area (TPSA) is 83.5 Å². The number of aliphatic hydroxyl groups excluding tert-OH is 1. The van der Waals surface area contributed by atoms with E-state index in [1.807, 2.05) is 0 Å². The average Bonchev–Trinajstić information content (AvgIpc) is 1.97. The Morgan fingerprint density at radius 2 is 2.17 bits per heavy atom. The van der Waals surface area contributed by atoms with Crippen molar-refractivity contribution in [2.45, 2.75) is 31.9 Å². The van der Waals surface area contributed by atoms with Crippen LogP contribution in [0.4, 0.5) is 0 Å². The second-order valence-corrected chi connectivity index (χ2v) is 2.71. The first-order valence-electron chi connectivity index (χ1n) is 3.84. The molecule has 0 aromatic heterocycles. The predicted octanol–water partition coefficient (Wildman–Crippen LogP) is 0.116. The van der Waals surface area contributed by atoms with E-state index in [1.165, 1.54) is 6.08 Å². The van der Waals surface area contributed by atoms with Crippen molar-refractivity contribution in [1.82, 2.24) is 0 Å². The first-order valence-corrected chi connectivity index (χ1v) is 3.84. The fourth-order valence-corrected chi connectivity index (χ4v) is 0.634. The van der Waals surface area contributed by atoms with Crippen LogP contribution in [0.15, 0.2) is 12.2 Å². The maximum absolute atomic E-state index is 10.0. The third kappa shape index (κ3) is 5.88. The van der Waals surface area contributed by atoms with E-state index in [1.54, 1.807) is 13.0 Å². The van der Waals surface area contributed by atoms with E-state index < -0.39 is 12.1 Å². The lowest BCUT2D eigenvalue weighted by Gasteiger charge is -2.10. The minimum Gasteiger partial charge on any atom is -0.481 e. The standard InChI is InChI=1S/C8H15NO3/c1-6(10)7(9)4-2-3-5-8(11)12/h2-3,6-7,10H,4-5,9H2,1H3,(H,11,12)/b3-2+. The van der Waals surface area contributed by atoms with Crippen molar-refractivity contribution in [3.63, 3.8) is 0 Å². The highest BCUT2D eigenvalue weighted by molar-refractivity contribution is 5.68. The van der Waals surface area contributed by atoms with Crippen molar-refractivity contribution >= 4 is 5.97 Å². The van der Waals surface area contributed by atoms with E-state index >= 15 is 0 Å². The Morgan fingerprint density at radius 1 is 1.58 bits per heavy atom. The summed E-state index contributed by atoms with van der Waals surface area (Å²) in [6, 6.07) is -0.310. The van der Waals surface area contributed by atoms with Crippen LogP contribution in [-0.4, -0.2) is 28.3 Å². The Hall–Kier alpha value is -0.870. The molecule has 2 unspecified atom stereocenters. The fourth-order valence-electron chi connectivity index (χ4n) is 0.634. The molecule has 4 nitrogen and oxygen atoms in total. The van der Waals surface area contributed by atoms with Gasteiger partial charge in [-0.2, -0.15) is 0 Å². The van der Waals surface area contributed by atoms with Crippen LogP contribution in [0, 0.1) is 0 Å². The second-order valence-electron chi connectivity index (χ2n) is 2.71. The third-order valence-corrected chi connectivity index (χ3v) is 1.49. The van der Waals surface area contributed by atoms with Gasteiger partial charge < -0.3 is 15.9 Å². The summed E-state index contributed by atoms with van der Waals surface area (Å²) in [6.07, 6.45) is 3.16. The Labute approximate surface area is 71.7 Å². The maximum Gasteiger partial charge on any atom is 0.307 e. The van der Waals surface area contributed by atoms with Gasteiger partial charge in [-0.1, -0.05) is 12.2 Å². The molecule has 2 atom stereocenters. The monoisotopic (exact) mass is 173 g/mol. The summed E-state index contributed by atoms with van der Waals surface area (Å²) < 4.78 is 0. The molecule has 0 aliphatic carbocycles. The molecule has 0 bridgehead atoms. The van der Waals surface area contributed by atoms with Gasteiger partial charge in [0.15, 0.2) is 0 Å². The molecule has 0 aromatic carbocycles. The second kappa shape index (κ2) is 5.74. The lowest BCUT2D eigenvalue weighted by molar-refractivity contribution is -0.136. The van der Waals surface area contributed by atoms with Crippen LogP contribution in [0.3, 0.4) is 0 Å². The highest BCUT2D eigenvalue weighted by Crippen LogP contribution is 1.96. The molecule has 70 valence electrons. The predicted molar refractivity (Wildman–Crippen MR) is 45.7 cm³/mol. The van der Waals surface area contributed by atoms with Crippen LogP contribution in [-0.2, 0) is 4.79 Å². The number of hydrogen-bond acceptors (Lipinski definition) is 3. The molecule has 0 aliphatic rings. The van der Waals surface area contributed by atoms with Crippen LogP contribution in [0.5, 0.6) is 0 Å². The summed E-state index contributed by atoms with van der Waals surface area (Å²) in [7, 11) is 0. The number of rotatable bonds is 5. The normalized spacial score (nSPS) is 16.2. The molecule has 0 spiro atoms. The molecular formula is C8H15NO3. The summed E-state index contributed by atoms with van der Waals surface area (Å²) in [5, 5.41) is 17.2. The Morgan fingerprint density at radius 3 is 2.58 bits per heavy atom. The molecular weight excluding hydrogens is 158 g/mol. The van der Waals surface area contributed by atoms with Gasteiger partial charge in [-0.05, 0) is 13.3 Å². The molecule has 0 fully saturated rings. The lowest BCUT2D eigenvalue weighted by atomic mass is 10.1. The molecule has 0 heterocycles. The summed E-state index contributed by atoms with van der Waals surface area (Å²) >= 11 is 0. The minimum atomic E-state index is -0.864. The van der Waals surface area contributed by atoms with Gasteiger partial charge in [0.05, 0.1) is 12.5 Å². The smallest absolute Gasteiger partial charge is 0.307 e. The maximum atomic E-state index is 10.0. The Balaban J connectivity index is 3.53. The number of nitrogens with two attached hydrogens (primary N) is 1. The van der Waals surface area contributed by atoms with E-state index in [0.29, 0.717) is 6.42 Å². The zero-order valence-corrected chi connectivity index (χ0v) is 7.10. The van der Waals surface area contributed by atoms with Crippen LogP contribution >= 0.6 is 0 Å². The van der Waals surface area contributed by atoms with E-state index in [2.05, 4.69) is 0 Å². The van der Waals surface area contributed by atoms with Crippen molar-refractivity contribution in [3.05, 3.63) is 12.2 Å². The summed E-state index contributed by atoms with van der Waals surface area (Å²) in [6.45, 7) is 1.61. The highest BCUT2D eigenvalue weighted by atomic mass is 16.4. The van der Waals surface area contributed by atoms with Gasteiger partial charge in [0, 0.05) is 6.04 Å². The highest BCUT2D eigenvalue weighted by Gasteiger charge is 2.05. The zero-order chi connectivity index (χ0) is 9.56. The van der Waals surface area contributed by atoms with Crippen molar-refractivity contribution in [2.75, 3.05) is 0 Å². The fraction of sp³-hybridized carbons (Fsp3) is 0.625. The summed E-state index contributed by atoms with van der Waals surface area (Å²) in [5.41, 5.74) is 5.48. The van der Waals surface area contributed by atoms with Crippen molar-refractivity contribution < 1.29 is 15.0 Å². The van der Waals surface area contributed by atoms with Gasteiger partial charge in [-0.25, -0.2) is 0 Å². The zero-order valence-electron chi connectivity index (χ0n) is 7.10. The van der Waals surface area contributed by atoms with Gasteiger partial charge in [0.2, 0.25) is 0 Å². The third-order valence-electron chi connectivity index (χ3n) is 1.49. The molecule has 0 radical (unpaired) electrons. The Kier molecular flexibility index (Phi) is 5.32. The van der Waals surface area contributed by atoms with Crippen molar-refractivity contribution in [2.24, 2.45) is 5.73 Å². The quantitative estimate of drug-likeness (QED) is 0.515. The van der Waals surface area contributed by atoms with Crippen molar-refractivity contribution in [1.29, 1.82) is 0 Å². The summed E-state index contributed by atoms with van der Waals surface area (Å²) in [4.78, 5) is 10.0. The van der Waals surface area contributed by atoms with E-state index in [4.69, 9.17) is 15.9 Å². The number of carboxylic acids is 1. The molecule has 4 N–H and O–H groups in total. The van der Waals surface area contributed by atoms with E-state index in [0.717, 1.165) is 0 Å². The number of hydrogen-bond donors (Lipinski definition) is 3. The van der Waals surface area contributed by atoms with Gasteiger partial charge >= 0.3 is 5.97 Å². The van der Waals surface area contributed by atoms with E-state index in [9.17, 15) is 4.79 Å². The largest absolute Gasteiger partial charge is 0.481 e. The summed E-state index contributed by atoms with van der Waals surface area (Å²) in [5.74, 6) is -0.864. The van der Waals surface area contributed by atoms with Gasteiger partial charge in [-0.3, -0.25) is 4.79 Å². The number of aliphatic carboxylic acids is 1. The molecule has 12 heavy (non-hydrogen) atoms. The lowest BCUT2D eigenvalue weighted by Crippen LogP contribution is -2.31. The van der Waals surface area contributed by atoms with Crippen LogP contribution < -0.4 is 5.73 Å². The minimum absolute atomic E-state index is 0.00648. The first kappa shape index (κ1) is 11.1. The SMILES string of the molecule is CC(O)C(N)C/C=C/CC(=O)O. The van der Waals surface area contributed by atoms with Gasteiger partial charge in [0.1, 0.15) is 0 Å². The Bertz CT molecular complexity index is 166. The van der Waals surface area contributed by atoms with Crippen LogP contribution in [0.25, 0.3) is 0 Å². The first-order chi connectivity index (χ1) is 5.54. The van der Waals surface area contributed by atoms with Gasteiger partial charge in [0.25, 0.3) is 0 Å². The van der Waals surface area contributed by atoms with Crippen LogP contribution in [0.2, 0.25) is 0 Å². The molecule has 0 aliphatic heterocycles. The number of aliphatic hydroxyl groups is 1. The van der Waals surface area contributed by atoms with Gasteiger partial charge in [-0.15, -0.1) is 0 Å². The number of carboxylic acid groups (broad SMARTS) is 1. The average molecular weight is 173 g/mol. The molecule has 0 amide bonds.